The Balaban J connectivity index is 2.36. The van der Waals surface area contributed by atoms with E-state index in [1.54, 1.807) is 18.2 Å². The third-order valence-corrected chi connectivity index (χ3v) is 3.43. The quantitative estimate of drug-likeness (QED) is 0.785. The fourth-order valence-corrected chi connectivity index (χ4v) is 2.35. The van der Waals surface area contributed by atoms with Crippen molar-refractivity contribution < 1.29 is 13.6 Å². The molecule has 86 valence electrons. The Hall–Kier alpha value is -0.740. The second-order valence-corrected chi connectivity index (χ2v) is 4.79. The van der Waals surface area contributed by atoms with Gasteiger partial charge in [0.15, 0.2) is 0 Å². The highest BCUT2D eigenvalue weighted by Gasteiger charge is 2.37. The van der Waals surface area contributed by atoms with Crippen molar-refractivity contribution >= 4 is 21.7 Å². The standard InChI is InChI=1S/C12H14BrNO2/c1-16-12(7-5-9(15)6-8-12)10-3-2-4-11(13)14-10/h2-4H,5-8H2,1H3/i1D3. The predicted molar refractivity (Wildman–Crippen MR) is 64.1 cm³/mol. The van der Waals surface area contributed by atoms with E-state index in [2.05, 4.69) is 20.9 Å². The van der Waals surface area contributed by atoms with Gasteiger partial charge >= 0.3 is 0 Å². The van der Waals surface area contributed by atoms with Gasteiger partial charge in [0.05, 0.1) is 9.81 Å². The minimum Gasteiger partial charge on any atom is -0.372 e. The van der Waals surface area contributed by atoms with E-state index in [1.165, 1.54) is 0 Å². The highest BCUT2D eigenvalue weighted by Crippen LogP contribution is 2.38. The van der Waals surface area contributed by atoms with Gasteiger partial charge in [-0.25, -0.2) is 4.98 Å². The lowest BCUT2D eigenvalue weighted by Gasteiger charge is -2.34. The van der Waals surface area contributed by atoms with Crippen molar-refractivity contribution in [2.24, 2.45) is 0 Å². The number of halogens is 1. The summed E-state index contributed by atoms with van der Waals surface area (Å²) in [5, 5.41) is 0. The monoisotopic (exact) mass is 286 g/mol. The van der Waals surface area contributed by atoms with Gasteiger partial charge in [-0.3, -0.25) is 4.79 Å². The first-order chi connectivity index (χ1) is 8.81. The fourth-order valence-electron chi connectivity index (χ4n) is 2.01. The van der Waals surface area contributed by atoms with Gasteiger partial charge in [-0.1, -0.05) is 6.07 Å². The van der Waals surface area contributed by atoms with Crippen LogP contribution in [0.15, 0.2) is 22.8 Å². The van der Waals surface area contributed by atoms with Gasteiger partial charge in [0.2, 0.25) is 0 Å². The average molecular weight is 287 g/mol. The summed E-state index contributed by atoms with van der Waals surface area (Å²) in [6, 6.07) is 5.29. The first kappa shape index (κ1) is 8.37. The summed E-state index contributed by atoms with van der Waals surface area (Å²) >= 11 is 3.27. The highest BCUT2D eigenvalue weighted by molar-refractivity contribution is 9.10. The summed E-state index contributed by atoms with van der Waals surface area (Å²) in [7, 11) is -2.51. The maximum Gasteiger partial charge on any atom is 0.133 e. The molecule has 4 heteroatoms. The average Bonchev–Trinajstić information content (AvgIpc) is 2.31. The molecule has 1 fully saturated rings. The molecule has 3 nitrogen and oxygen atoms in total. The number of pyridine rings is 1. The van der Waals surface area contributed by atoms with Gasteiger partial charge in [-0.05, 0) is 40.9 Å². The Morgan fingerprint density at radius 1 is 1.50 bits per heavy atom. The molecule has 1 aliphatic carbocycles. The Morgan fingerprint density at radius 2 is 2.25 bits per heavy atom. The summed E-state index contributed by atoms with van der Waals surface area (Å²) in [6.45, 7) is 0. The van der Waals surface area contributed by atoms with E-state index in [-0.39, 0.29) is 5.78 Å². The largest absolute Gasteiger partial charge is 0.372 e. The SMILES string of the molecule is [2H]C([2H])([2H])OC1(c2cccc(Br)n2)CCC(=O)CC1. The number of hydrogen-bond acceptors (Lipinski definition) is 3. The third kappa shape index (κ3) is 2.18. The van der Waals surface area contributed by atoms with Crippen LogP contribution in [0.2, 0.25) is 0 Å². The molecule has 0 aliphatic heterocycles. The predicted octanol–water partition coefficient (Wildman–Crippen LogP) is 2.83. The molecule has 16 heavy (non-hydrogen) atoms. The number of Topliss-reactive ketones (excluding diaryl/α,β-unsaturated/α-hetero) is 1. The number of rotatable bonds is 2. The number of ketones is 1. The van der Waals surface area contributed by atoms with Gasteiger partial charge < -0.3 is 4.74 Å². The second kappa shape index (κ2) is 4.63. The van der Waals surface area contributed by atoms with E-state index in [4.69, 9.17) is 8.85 Å². The van der Waals surface area contributed by atoms with Crippen LogP contribution in [-0.2, 0) is 15.1 Å². The molecular weight excluding hydrogens is 270 g/mol. The molecule has 2 rings (SSSR count). The third-order valence-electron chi connectivity index (χ3n) is 2.99. The van der Waals surface area contributed by atoms with E-state index < -0.39 is 12.6 Å². The molecule has 1 aromatic rings. The Morgan fingerprint density at radius 3 is 2.88 bits per heavy atom. The topological polar surface area (TPSA) is 39.2 Å². The number of carbonyl (C=O) groups is 1. The minimum absolute atomic E-state index is 0.139. The van der Waals surface area contributed by atoms with Gasteiger partial charge in [0.25, 0.3) is 0 Å². The molecule has 0 amide bonds. The molecule has 0 unspecified atom stereocenters. The Bertz CT molecular complexity index is 480. The van der Waals surface area contributed by atoms with Crippen LogP contribution in [0.4, 0.5) is 0 Å². The number of methoxy groups -OCH3 is 1. The zero-order valence-corrected chi connectivity index (χ0v) is 10.3. The molecule has 0 atom stereocenters. The van der Waals surface area contributed by atoms with Crippen molar-refractivity contribution in [2.75, 3.05) is 7.04 Å². The van der Waals surface area contributed by atoms with Crippen molar-refractivity contribution in [3.63, 3.8) is 0 Å². The molecule has 0 bridgehead atoms. The van der Waals surface area contributed by atoms with Crippen LogP contribution in [0.25, 0.3) is 0 Å². The van der Waals surface area contributed by atoms with Crippen LogP contribution < -0.4 is 0 Å². The normalized spacial score (nSPS) is 23.3. The lowest BCUT2D eigenvalue weighted by Crippen LogP contribution is -2.34. The zero-order valence-electron chi connectivity index (χ0n) is 11.7. The molecule has 0 radical (unpaired) electrons. The van der Waals surface area contributed by atoms with Crippen molar-refractivity contribution in [1.82, 2.24) is 4.98 Å². The summed E-state index contributed by atoms with van der Waals surface area (Å²) in [5.74, 6) is 0.139. The molecule has 0 spiro atoms. The lowest BCUT2D eigenvalue weighted by atomic mass is 9.81. The number of ether oxygens (including phenoxy) is 1. The van der Waals surface area contributed by atoms with Crippen molar-refractivity contribution in [1.29, 1.82) is 0 Å². The molecule has 0 aromatic carbocycles. The first-order valence-corrected chi connectivity index (χ1v) is 5.95. The highest BCUT2D eigenvalue weighted by atomic mass is 79.9. The molecular formula is C12H14BrNO2. The number of hydrogen-bond donors (Lipinski definition) is 0. The van der Waals surface area contributed by atoms with E-state index in [9.17, 15) is 4.79 Å². The van der Waals surface area contributed by atoms with Gasteiger partial charge in [0, 0.05) is 19.9 Å². The summed E-state index contributed by atoms with van der Waals surface area (Å²) < 4.78 is 27.9. The van der Waals surface area contributed by atoms with E-state index in [0.29, 0.717) is 36.0 Å². The lowest BCUT2D eigenvalue weighted by molar-refractivity contribution is -0.128. The minimum atomic E-state index is -2.51. The van der Waals surface area contributed by atoms with Crippen LogP contribution in [-0.4, -0.2) is 17.8 Å². The van der Waals surface area contributed by atoms with Crippen LogP contribution in [0.1, 0.15) is 35.5 Å². The molecule has 1 heterocycles. The van der Waals surface area contributed by atoms with E-state index in [1.807, 2.05) is 0 Å². The summed E-state index contributed by atoms with van der Waals surface area (Å²) in [5.41, 5.74) is -0.436. The van der Waals surface area contributed by atoms with E-state index >= 15 is 0 Å². The summed E-state index contributed by atoms with van der Waals surface area (Å²) in [4.78, 5) is 15.7. The van der Waals surface area contributed by atoms with Crippen molar-refractivity contribution in [3.8, 4) is 0 Å². The number of nitrogens with zero attached hydrogens (tertiary/aromatic N) is 1. The van der Waals surface area contributed by atoms with Crippen LogP contribution in [0.5, 0.6) is 0 Å². The van der Waals surface area contributed by atoms with Gasteiger partial charge in [0.1, 0.15) is 16.0 Å². The van der Waals surface area contributed by atoms with Crippen LogP contribution in [0.3, 0.4) is 0 Å². The Labute approximate surface area is 108 Å². The van der Waals surface area contributed by atoms with Crippen molar-refractivity contribution in [3.05, 3.63) is 28.5 Å². The number of carbonyl (C=O) groups excluding carboxylic acids is 1. The van der Waals surface area contributed by atoms with Gasteiger partial charge in [-0.2, -0.15) is 0 Å². The first-order valence-electron chi connectivity index (χ1n) is 6.66. The molecule has 0 saturated heterocycles. The maximum atomic E-state index is 11.4. The van der Waals surface area contributed by atoms with Gasteiger partial charge in [-0.15, -0.1) is 0 Å². The second-order valence-electron chi connectivity index (χ2n) is 3.98. The molecule has 1 aliphatic rings. The van der Waals surface area contributed by atoms with Crippen molar-refractivity contribution in [2.45, 2.75) is 31.3 Å². The smallest absolute Gasteiger partial charge is 0.133 e. The van der Waals surface area contributed by atoms with Crippen LogP contribution >= 0.6 is 15.9 Å². The molecule has 1 saturated carbocycles. The maximum absolute atomic E-state index is 11.4. The van der Waals surface area contributed by atoms with E-state index in [0.717, 1.165) is 0 Å². The van der Waals surface area contributed by atoms with Crippen LogP contribution in [0, 0.1) is 0 Å². The molecule has 0 N–H and O–H groups in total. The number of aromatic nitrogens is 1. The Kier molecular flexibility index (Phi) is 2.42. The summed E-state index contributed by atoms with van der Waals surface area (Å²) in [6.07, 6.45) is 1.36. The zero-order chi connectivity index (χ0) is 14.1. The fraction of sp³-hybridized carbons (Fsp3) is 0.500. The molecule has 1 aromatic heterocycles.